The average molecular weight is 174 g/mol. The normalized spacial score (nSPS) is 23.5. The second-order valence-electron chi connectivity index (χ2n) is 2.57. The van der Waals surface area contributed by atoms with Crippen molar-refractivity contribution in [2.45, 2.75) is 12.1 Å². The molecule has 1 fully saturated rings. The van der Waals surface area contributed by atoms with Gasteiger partial charge >= 0.3 is 11.9 Å². The molecule has 0 aromatic rings. The van der Waals surface area contributed by atoms with Crippen LogP contribution >= 0.6 is 0 Å². The molecule has 1 aliphatic rings. The van der Waals surface area contributed by atoms with Crippen LogP contribution in [0.15, 0.2) is 0 Å². The van der Waals surface area contributed by atoms with E-state index in [-0.39, 0.29) is 19.6 Å². The lowest BCUT2D eigenvalue weighted by Crippen LogP contribution is -2.59. The maximum atomic E-state index is 11.0. The molecule has 0 saturated carbocycles. The van der Waals surface area contributed by atoms with Crippen molar-refractivity contribution in [2.75, 3.05) is 13.2 Å². The maximum Gasteiger partial charge on any atom is 0.341 e. The van der Waals surface area contributed by atoms with E-state index in [1.807, 2.05) is 0 Å². The van der Waals surface area contributed by atoms with Crippen LogP contribution in [0.4, 0.5) is 0 Å². The highest BCUT2D eigenvalue weighted by atomic mass is 16.6. The van der Waals surface area contributed by atoms with Gasteiger partial charge in [0.05, 0.1) is 6.42 Å². The van der Waals surface area contributed by atoms with E-state index in [1.54, 1.807) is 0 Å². The van der Waals surface area contributed by atoms with Crippen LogP contribution in [0, 0.1) is 0 Å². The third-order valence-electron chi connectivity index (χ3n) is 1.40. The number of carbonyl (C=O) groups is 2. The molecular weight excluding hydrogens is 164 g/mol. The van der Waals surface area contributed by atoms with Crippen molar-refractivity contribution in [3.63, 3.8) is 0 Å². The van der Waals surface area contributed by atoms with Gasteiger partial charge in [0.25, 0.3) is 0 Å². The molecule has 6 nitrogen and oxygen atoms in total. The first kappa shape index (κ1) is 8.95. The number of nitrogens with two attached hydrogens (primary N) is 2. The molecule has 4 N–H and O–H groups in total. The maximum absolute atomic E-state index is 11.0. The van der Waals surface area contributed by atoms with Gasteiger partial charge in [0.2, 0.25) is 0 Å². The Bertz CT molecular complexity index is 214. The van der Waals surface area contributed by atoms with E-state index in [0.29, 0.717) is 0 Å². The quantitative estimate of drug-likeness (QED) is 0.328. The number of carbonyl (C=O) groups excluding carboxylic acids is 2. The highest BCUT2D eigenvalue weighted by molar-refractivity contribution is 5.86. The molecule has 0 amide bonds. The summed E-state index contributed by atoms with van der Waals surface area (Å²) in [5, 5.41) is 0. The van der Waals surface area contributed by atoms with Crippen LogP contribution in [-0.4, -0.2) is 30.8 Å². The molecule has 0 aromatic carbocycles. The highest BCUT2D eigenvalue weighted by Gasteiger charge is 2.35. The number of hydrogen-bond donors (Lipinski definition) is 2. The van der Waals surface area contributed by atoms with Crippen molar-refractivity contribution in [1.29, 1.82) is 0 Å². The fourth-order valence-corrected chi connectivity index (χ4v) is 0.786. The Hall–Kier alpha value is -1.14. The third kappa shape index (κ3) is 1.93. The van der Waals surface area contributed by atoms with E-state index < -0.39 is 17.6 Å². The predicted octanol–water partition coefficient (Wildman–Crippen LogP) is -1.91. The van der Waals surface area contributed by atoms with Crippen LogP contribution in [0.3, 0.4) is 0 Å². The van der Waals surface area contributed by atoms with Crippen LogP contribution in [0.25, 0.3) is 0 Å². The largest absolute Gasteiger partial charge is 0.462 e. The lowest BCUT2D eigenvalue weighted by atomic mass is 10.1. The minimum atomic E-state index is -1.75. The second kappa shape index (κ2) is 3.08. The molecule has 0 atom stereocenters. The van der Waals surface area contributed by atoms with Crippen molar-refractivity contribution in [3.05, 3.63) is 0 Å². The van der Waals surface area contributed by atoms with Gasteiger partial charge in [-0.3, -0.25) is 4.79 Å². The van der Waals surface area contributed by atoms with E-state index in [0.717, 1.165) is 0 Å². The van der Waals surface area contributed by atoms with E-state index in [1.165, 1.54) is 0 Å². The summed E-state index contributed by atoms with van der Waals surface area (Å²) in [7, 11) is 0. The Morgan fingerprint density at radius 1 is 1.17 bits per heavy atom. The average Bonchev–Trinajstić information content (AvgIpc) is 1.95. The molecule has 0 unspecified atom stereocenters. The standard InChI is InChI=1S/C6H10N2O4/c7-6(8)3-4(9)11-1-2-12-5(6)10/h1-3,7-8H2. The Kier molecular flexibility index (Phi) is 2.30. The molecule has 0 aliphatic carbocycles. The van der Waals surface area contributed by atoms with Gasteiger partial charge in [0, 0.05) is 0 Å². The zero-order valence-electron chi connectivity index (χ0n) is 6.41. The Morgan fingerprint density at radius 2 is 1.75 bits per heavy atom. The van der Waals surface area contributed by atoms with Crippen LogP contribution in [0.5, 0.6) is 0 Å². The minimum absolute atomic E-state index is 0.000718. The Morgan fingerprint density at radius 3 is 2.42 bits per heavy atom. The van der Waals surface area contributed by atoms with Gasteiger partial charge in [0.1, 0.15) is 13.2 Å². The lowest BCUT2D eigenvalue weighted by Gasteiger charge is -2.23. The van der Waals surface area contributed by atoms with Crippen LogP contribution in [0.1, 0.15) is 6.42 Å². The number of rotatable bonds is 0. The SMILES string of the molecule is NC1(N)CC(=O)OCCOC1=O. The molecule has 0 radical (unpaired) electrons. The molecule has 68 valence electrons. The number of hydrogen-bond acceptors (Lipinski definition) is 6. The van der Waals surface area contributed by atoms with E-state index in [4.69, 9.17) is 11.5 Å². The topological polar surface area (TPSA) is 105 Å². The second-order valence-corrected chi connectivity index (χ2v) is 2.57. The molecule has 1 aliphatic heterocycles. The first-order valence-electron chi connectivity index (χ1n) is 3.43. The smallest absolute Gasteiger partial charge is 0.341 e. The minimum Gasteiger partial charge on any atom is -0.462 e. The van der Waals surface area contributed by atoms with Gasteiger partial charge in [-0.25, -0.2) is 4.79 Å². The third-order valence-corrected chi connectivity index (χ3v) is 1.40. The van der Waals surface area contributed by atoms with Crippen LogP contribution in [-0.2, 0) is 19.1 Å². The van der Waals surface area contributed by atoms with E-state index >= 15 is 0 Å². The Labute approximate surface area is 68.8 Å². The number of cyclic esters (lactones) is 2. The number of esters is 2. The summed E-state index contributed by atoms with van der Waals surface area (Å²) in [6.45, 7) is 0.0569. The molecule has 1 saturated heterocycles. The molecule has 6 heteroatoms. The fourth-order valence-electron chi connectivity index (χ4n) is 0.786. The molecule has 0 bridgehead atoms. The van der Waals surface area contributed by atoms with Crippen LogP contribution < -0.4 is 11.5 Å². The molecule has 12 heavy (non-hydrogen) atoms. The van der Waals surface area contributed by atoms with Crippen molar-refractivity contribution in [2.24, 2.45) is 11.5 Å². The summed E-state index contributed by atoms with van der Waals surface area (Å²) in [6.07, 6.45) is -0.355. The summed E-state index contributed by atoms with van der Waals surface area (Å²) in [5.41, 5.74) is 8.81. The number of ether oxygens (including phenoxy) is 2. The van der Waals surface area contributed by atoms with E-state index in [2.05, 4.69) is 9.47 Å². The zero-order valence-corrected chi connectivity index (χ0v) is 6.41. The van der Waals surface area contributed by atoms with Gasteiger partial charge in [-0.2, -0.15) is 0 Å². The van der Waals surface area contributed by atoms with Crippen molar-refractivity contribution in [1.82, 2.24) is 0 Å². The molecular formula is C6H10N2O4. The van der Waals surface area contributed by atoms with Crippen LogP contribution in [0.2, 0.25) is 0 Å². The van der Waals surface area contributed by atoms with Gasteiger partial charge < -0.3 is 20.9 Å². The monoisotopic (exact) mass is 174 g/mol. The summed E-state index contributed by atoms with van der Waals surface area (Å²) in [4.78, 5) is 21.8. The predicted molar refractivity (Wildman–Crippen MR) is 37.6 cm³/mol. The van der Waals surface area contributed by atoms with Gasteiger partial charge in [-0.1, -0.05) is 0 Å². The van der Waals surface area contributed by atoms with E-state index in [9.17, 15) is 9.59 Å². The van der Waals surface area contributed by atoms with Crippen molar-refractivity contribution < 1.29 is 19.1 Å². The molecule has 0 aromatic heterocycles. The first-order chi connectivity index (χ1) is 5.52. The van der Waals surface area contributed by atoms with Gasteiger partial charge in [-0.15, -0.1) is 0 Å². The zero-order chi connectivity index (χ0) is 9.19. The molecule has 0 spiro atoms. The molecule has 1 rings (SSSR count). The summed E-state index contributed by atoms with van der Waals surface area (Å²) in [6, 6.07) is 0. The highest BCUT2D eigenvalue weighted by Crippen LogP contribution is 2.06. The first-order valence-corrected chi connectivity index (χ1v) is 3.43. The van der Waals surface area contributed by atoms with Crippen molar-refractivity contribution >= 4 is 11.9 Å². The Balaban J connectivity index is 2.69. The van der Waals surface area contributed by atoms with Crippen molar-refractivity contribution in [3.8, 4) is 0 Å². The van der Waals surface area contributed by atoms with Gasteiger partial charge in [-0.05, 0) is 0 Å². The summed E-state index contributed by atoms with van der Waals surface area (Å²) < 4.78 is 9.17. The fraction of sp³-hybridized carbons (Fsp3) is 0.667. The lowest BCUT2D eigenvalue weighted by molar-refractivity contribution is -0.164. The molecule has 1 heterocycles. The summed E-state index contributed by atoms with van der Waals surface area (Å²) in [5.74, 6) is -1.36. The van der Waals surface area contributed by atoms with Gasteiger partial charge in [0.15, 0.2) is 5.66 Å². The summed E-state index contributed by atoms with van der Waals surface area (Å²) >= 11 is 0.